The zero-order chi connectivity index (χ0) is 65.5. The van der Waals surface area contributed by atoms with E-state index in [9.17, 15) is 91.9 Å². The van der Waals surface area contributed by atoms with E-state index < -0.39 is 220 Å². The molecular formula is C61H104O28. The molecule has 5 saturated heterocycles. The van der Waals surface area contributed by atoms with E-state index in [1.165, 1.54) is 13.8 Å². The van der Waals surface area contributed by atoms with E-state index in [1.807, 2.05) is 0 Å². The van der Waals surface area contributed by atoms with E-state index in [1.54, 1.807) is 6.92 Å². The van der Waals surface area contributed by atoms with E-state index in [0.717, 1.165) is 18.4 Å². The molecule has 9 aliphatic rings. The van der Waals surface area contributed by atoms with Crippen LogP contribution < -0.4 is 0 Å². The second kappa shape index (κ2) is 27.6. The first-order chi connectivity index (χ1) is 41.7. The monoisotopic (exact) mass is 1280 g/mol. The summed E-state index contributed by atoms with van der Waals surface area (Å²) in [7, 11) is 0. The van der Waals surface area contributed by atoms with Crippen LogP contribution in [0.3, 0.4) is 0 Å². The Kier molecular flexibility index (Phi) is 22.3. The molecule has 3 saturated carbocycles. The molecule has 4 aliphatic carbocycles. The van der Waals surface area contributed by atoms with Gasteiger partial charge in [0.25, 0.3) is 0 Å². The predicted octanol–water partition coefficient (Wildman–Crippen LogP) is -3.99. The summed E-state index contributed by atoms with van der Waals surface area (Å²) >= 11 is 0. The van der Waals surface area contributed by atoms with Crippen molar-refractivity contribution in [3.05, 3.63) is 11.6 Å². The maximum atomic E-state index is 12.8. The highest BCUT2D eigenvalue weighted by molar-refractivity contribution is 5.32. The van der Waals surface area contributed by atoms with Crippen LogP contribution in [0, 0.1) is 45.3 Å². The van der Waals surface area contributed by atoms with Gasteiger partial charge in [0.05, 0.1) is 56.4 Å². The second-order valence-electron chi connectivity index (χ2n) is 28.9. The van der Waals surface area contributed by atoms with Gasteiger partial charge in [0.1, 0.15) is 116 Å². The minimum absolute atomic E-state index is 0.0271. The van der Waals surface area contributed by atoms with Gasteiger partial charge in [0, 0.05) is 10.8 Å². The zero-order valence-corrected chi connectivity index (χ0v) is 52.4. The summed E-state index contributed by atoms with van der Waals surface area (Å²) in [6.07, 6.45) is -37.8. The lowest BCUT2D eigenvalue weighted by molar-refractivity contribution is -0.397. The van der Waals surface area contributed by atoms with Crippen molar-refractivity contribution >= 4 is 0 Å². The van der Waals surface area contributed by atoms with Crippen LogP contribution in [0.5, 0.6) is 0 Å². The maximum Gasteiger partial charge on any atom is 0.187 e. The van der Waals surface area contributed by atoms with Gasteiger partial charge in [-0.1, -0.05) is 60.1 Å². The maximum absolute atomic E-state index is 12.8. The molecule has 28 nitrogen and oxygen atoms in total. The van der Waals surface area contributed by atoms with E-state index in [4.69, 9.17) is 47.4 Å². The first-order valence-electron chi connectivity index (χ1n) is 32.0. The number of hydrogen-bond acceptors (Lipinski definition) is 28. The van der Waals surface area contributed by atoms with Crippen LogP contribution >= 0.6 is 0 Å². The molecule has 9 rings (SSSR count). The fraction of sp³-hybridized carbons (Fsp3) is 0.967. The van der Waals surface area contributed by atoms with Crippen molar-refractivity contribution in [3.8, 4) is 0 Å². The van der Waals surface area contributed by atoms with Gasteiger partial charge >= 0.3 is 0 Å². The molecule has 3 unspecified atom stereocenters. The molecule has 516 valence electrons. The molecule has 0 radical (unpaired) electrons. The summed E-state index contributed by atoms with van der Waals surface area (Å²) in [6, 6.07) is 0. The highest BCUT2D eigenvalue weighted by atomic mass is 16.8. The molecular weight excluding hydrogens is 1180 g/mol. The molecule has 0 aromatic carbocycles. The molecule has 5 aliphatic heterocycles. The van der Waals surface area contributed by atoms with Crippen molar-refractivity contribution < 1.29 is 139 Å². The summed E-state index contributed by atoms with van der Waals surface area (Å²) < 4.78 is 61.2. The average molecular weight is 1290 g/mol. The third-order valence-electron chi connectivity index (χ3n) is 23.1. The Bertz CT molecular complexity index is 2340. The molecule has 8 fully saturated rings. The standard InChI is InChI=1S/C61H104O28/c1-10-28-37(66)41(70)45(74)52(81-28)80-23-32-50(88-54-47(76)43(72)39(68)30(21-63)83-54)49(78)51(89-55-48(77)44(73)40(69)31(22-64)84-55)56(85-32)87-36(58(5,6)79)15-11-24(2)25-17-18-59(7)33-14-12-26-27(61(33,9)34(65)19-60(25,59)8)13-16-35(57(26,3)4)86-53-46(75)42(71)38(67)29(20-62)82-53/h12,24-25,27-56,62-79H,10-11,13-23H2,1-9H3/t24-,25?,27?,28-,29-,30-,31-,32-,33?,34-,35+,36-,37-,38-,39-,40-,41+,42+,43+,44+,45-,46-,47-,48-,49+,50-,51-,52+,53+,54-,55+,56+,59+,60-,61+/m1/s1. The van der Waals surface area contributed by atoms with Gasteiger partial charge in [-0.05, 0) is 106 Å². The van der Waals surface area contributed by atoms with Crippen molar-refractivity contribution in [2.75, 3.05) is 26.4 Å². The molecule has 0 bridgehead atoms. The van der Waals surface area contributed by atoms with E-state index in [-0.39, 0.29) is 41.9 Å². The van der Waals surface area contributed by atoms with E-state index >= 15 is 0 Å². The topological polar surface area (TPSA) is 456 Å². The van der Waals surface area contributed by atoms with Crippen LogP contribution in [-0.2, 0) is 47.4 Å². The highest BCUT2D eigenvalue weighted by Crippen LogP contribution is 2.75. The van der Waals surface area contributed by atoms with Crippen molar-refractivity contribution in [2.45, 2.75) is 298 Å². The van der Waals surface area contributed by atoms with Crippen molar-refractivity contribution in [1.82, 2.24) is 0 Å². The smallest absolute Gasteiger partial charge is 0.187 e. The third kappa shape index (κ3) is 13.0. The van der Waals surface area contributed by atoms with E-state index in [2.05, 4.69) is 47.6 Å². The Labute approximate surface area is 518 Å². The zero-order valence-electron chi connectivity index (χ0n) is 52.4. The SMILES string of the molecule is CC[C@H]1O[C@H](OC[C@H]2O[C@@H](O[C@H](CC[C@@H](C)C3CC[C@@]4(C)C5CC=C6C(CC[C@H](O[C@@H]7O[C@H](CO)[C@@H](O)[C@H](O)[C@H]7O)C6(C)C)[C@]5(C)[C@H](O)C[C@]34C)C(C)(C)O)[C@H](O[C@@H]3O[C@H](CO)[C@@H](O)[C@H](O)[C@H]3O)[C@@H](O)[C@@H]2O[C@H]2O[C@H](CO)[C@@H](O)[C@H](O)[C@H]2O)[C@H](O)[C@@H](O)[C@@H]1O. The highest BCUT2D eigenvalue weighted by Gasteiger charge is 2.71. The summed E-state index contributed by atoms with van der Waals surface area (Å²) in [4.78, 5) is 0. The second-order valence-corrected chi connectivity index (χ2v) is 28.9. The molecule has 18 N–H and O–H groups in total. The van der Waals surface area contributed by atoms with Gasteiger partial charge < -0.3 is 139 Å². The Morgan fingerprint density at radius 3 is 1.52 bits per heavy atom. The van der Waals surface area contributed by atoms with Gasteiger partial charge in [0.15, 0.2) is 31.5 Å². The van der Waals surface area contributed by atoms with Crippen LogP contribution in [0.4, 0.5) is 0 Å². The minimum Gasteiger partial charge on any atom is -0.394 e. The predicted molar refractivity (Wildman–Crippen MR) is 303 cm³/mol. The van der Waals surface area contributed by atoms with Gasteiger partial charge in [0.2, 0.25) is 0 Å². The summed E-state index contributed by atoms with van der Waals surface area (Å²) in [5, 5.41) is 197. The van der Waals surface area contributed by atoms with Gasteiger partial charge in [-0.3, -0.25) is 0 Å². The first kappa shape index (κ1) is 71.9. The van der Waals surface area contributed by atoms with Gasteiger partial charge in [-0.25, -0.2) is 0 Å². The lowest BCUT2D eigenvalue weighted by atomic mass is 9.38. The molecule has 5 heterocycles. The Morgan fingerprint density at radius 2 is 1.01 bits per heavy atom. The largest absolute Gasteiger partial charge is 0.394 e. The summed E-state index contributed by atoms with van der Waals surface area (Å²) in [5.74, 6) is 0.0229. The molecule has 0 amide bonds. The van der Waals surface area contributed by atoms with Crippen LogP contribution in [0.15, 0.2) is 11.6 Å². The molecule has 89 heavy (non-hydrogen) atoms. The summed E-state index contributed by atoms with van der Waals surface area (Å²) in [5.41, 5.74) is -2.36. The Balaban J connectivity index is 0.967. The van der Waals surface area contributed by atoms with Crippen LogP contribution in [0.2, 0.25) is 0 Å². The van der Waals surface area contributed by atoms with Crippen molar-refractivity contribution in [1.29, 1.82) is 0 Å². The number of aliphatic hydroxyl groups is 18. The average Bonchev–Trinajstić information content (AvgIpc) is 1.61. The number of fused-ring (bicyclic) bond motifs is 5. The minimum atomic E-state index is -2.08. The van der Waals surface area contributed by atoms with Crippen LogP contribution in [0.25, 0.3) is 0 Å². The van der Waals surface area contributed by atoms with Crippen molar-refractivity contribution in [3.63, 3.8) is 0 Å². The first-order valence-corrected chi connectivity index (χ1v) is 32.0. The molecule has 0 spiro atoms. The number of hydrogen-bond donors (Lipinski definition) is 18. The van der Waals surface area contributed by atoms with Crippen LogP contribution in [0.1, 0.15) is 120 Å². The number of rotatable bonds is 20. The molecule has 28 heteroatoms. The van der Waals surface area contributed by atoms with Crippen LogP contribution in [-0.4, -0.2) is 296 Å². The van der Waals surface area contributed by atoms with Gasteiger partial charge in [-0.2, -0.15) is 0 Å². The molecule has 0 aromatic heterocycles. The number of ether oxygens (including phenoxy) is 10. The lowest BCUT2D eigenvalue weighted by Gasteiger charge is -2.67. The van der Waals surface area contributed by atoms with E-state index in [0.29, 0.717) is 32.1 Å². The number of aliphatic hydroxyl groups excluding tert-OH is 17. The Morgan fingerprint density at radius 1 is 0.539 bits per heavy atom. The fourth-order valence-corrected chi connectivity index (χ4v) is 17.3. The Hall–Kier alpha value is -1.38. The molecule has 0 aromatic rings. The number of allylic oxidation sites excluding steroid dienone is 1. The fourth-order valence-electron chi connectivity index (χ4n) is 17.3. The normalized spacial score (nSPS) is 51.8. The van der Waals surface area contributed by atoms with Gasteiger partial charge in [-0.15, -0.1) is 0 Å². The quantitative estimate of drug-likeness (QED) is 0.0517. The van der Waals surface area contributed by atoms with Crippen molar-refractivity contribution in [2.24, 2.45) is 45.3 Å². The third-order valence-corrected chi connectivity index (χ3v) is 23.1. The lowest BCUT2D eigenvalue weighted by Crippen LogP contribution is -2.67. The molecule has 35 atom stereocenters. The summed E-state index contributed by atoms with van der Waals surface area (Å²) in [6.45, 7) is 14.8.